The van der Waals surface area contributed by atoms with Gasteiger partial charge in [-0.2, -0.15) is 8.78 Å². The van der Waals surface area contributed by atoms with Crippen LogP contribution < -0.4 is 0 Å². The number of hydrogen-bond donors (Lipinski definition) is 0. The molecule has 0 amide bonds. The zero-order valence-electron chi connectivity index (χ0n) is 11.9. The maximum Gasteiger partial charge on any atom is 0.341 e. The Morgan fingerprint density at radius 1 is 1.21 bits per heavy atom. The molecule has 24 heavy (non-hydrogen) atoms. The van der Waals surface area contributed by atoms with Crippen LogP contribution >= 0.6 is 23.1 Å². The lowest BCUT2D eigenvalue weighted by Gasteiger charge is -2.05. The summed E-state index contributed by atoms with van der Waals surface area (Å²) in [6, 6.07) is 9.09. The summed E-state index contributed by atoms with van der Waals surface area (Å²) in [5, 5.41) is 13.9. The molecule has 0 saturated heterocycles. The van der Waals surface area contributed by atoms with Crippen LogP contribution in [0.3, 0.4) is 0 Å². The Bertz CT molecular complexity index is 909. The van der Waals surface area contributed by atoms with Crippen molar-refractivity contribution in [2.24, 2.45) is 0 Å². The third-order valence-electron chi connectivity index (χ3n) is 2.98. The SMILES string of the molecule is O=S(=O)(c1ccc(Sc2nnnn2Cc2cccs2)cc1)C(F)F. The maximum atomic E-state index is 12.5. The molecule has 0 unspecified atom stereocenters. The molecule has 0 bridgehead atoms. The van der Waals surface area contributed by atoms with Gasteiger partial charge in [0.05, 0.1) is 11.4 Å². The molecular weight excluding hydrogens is 378 g/mol. The number of hydrogen-bond acceptors (Lipinski definition) is 7. The summed E-state index contributed by atoms with van der Waals surface area (Å²) in [5.41, 5.74) is 0. The van der Waals surface area contributed by atoms with E-state index >= 15 is 0 Å². The van der Waals surface area contributed by atoms with Gasteiger partial charge in [0.2, 0.25) is 15.0 Å². The average Bonchev–Trinajstić information content (AvgIpc) is 3.21. The van der Waals surface area contributed by atoms with E-state index in [-0.39, 0.29) is 0 Å². The molecule has 0 aliphatic rings. The third kappa shape index (κ3) is 3.62. The zero-order valence-corrected chi connectivity index (χ0v) is 14.4. The second-order valence-electron chi connectivity index (χ2n) is 4.58. The summed E-state index contributed by atoms with van der Waals surface area (Å²) >= 11 is 2.80. The van der Waals surface area contributed by atoms with Crippen molar-refractivity contribution >= 4 is 32.9 Å². The molecular formula is C13H10F2N4O2S3. The van der Waals surface area contributed by atoms with E-state index in [1.54, 1.807) is 16.0 Å². The summed E-state index contributed by atoms with van der Waals surface area (Å²) in [6.45, 7) is 0.519. The van der Waals surface area contributed by atoms with E-state index in [1.807, 2.05) is 17.5 Å². The minimum absolute atomic E-state index is 0.417. The lowest BCUT2D eigenvalue weighted by molar-refractivity contribution is 0.234. The Hall–Kier alpha value is -1.85. The summed E-state index contributed by atoms with van der Waals surface area (Å²) in [5.74, 6) is -3.44. The van der Waals surface area contributed by atoms with Crippen molar-refractivity contribution in [1.29, 1.82) is 0 Å². The molecule has 0 N–H and O–H groups in total. The van der Waals surface area contributed by atoms with Crippen LogP contribution in [0, 0.1) is 0 Å². The van der Waals surface area contributed by atoms with Crippen molar-refractivity contribution in [2.75, 3.05) is 0 Å². The van der Waals surface area contributed by atoms with Gasteiger partial charge in [-0.25, -0.2) is 13.1 Å². The number of nitrogens with zero attached hydrogens (tertiary/aromatic N) is 4. The fourth-order valence-electron chi connectivity index (χ4n) is 1.82. The van der Waals surface area contributed by atoms with E-state index < -0.39 is 20.5 Å². The number of rotatable bonds is 6. The molecule has 3 rings (SSSR count). The standard InChI is InChI=1S/C13H10F2N4O2S3/c14-12(15)24(20,21)11-5-3-9(4-6-11)23-13-16-17-18-19(13)8-10-2-1-7-22-10/h1-7,12H,8H2. The first kappa shape index (κ1) is 17.0. The quantitative estimate of drug-likeness (QED) is 0.646. The summed E-state index contributed by atoms with van der Waals surface area (Å²) < 4.78 is 49.4. The van der Waals surface area contributed by atoms with Gasteiger partial charge >= 0.3 is 5.76 Å². The van der Waals surface area contributed by atoms with E-state index in [4.69, 9.17) is 0 Å². The lowest BCUT2D eigenvalue weighted by atomic mass is 10.4. The van der Waals surface area contributed by atoms with Crippen LogP contribution in [-0.4, -0.2) is 34.4 Å². The van der Waals surface area contributed by atoms with Crippen molar-refractivity contribution in [3.63, 3.8) is 0 Å². The smallest absolute Gasteiger partial charge is 0.218 e. The number of thiophene rings is 1. The van der Waals surface area contributed by atoms with Crippen LogP contribution in [0.4, 0.5) is 8.78 Å². The van der Waals surface area contributed by atoms with Gasteiger partial charge in [-0.05, 0) is 57.9 Å². The van der Waals surface area contributed by atoms with Crippen LogP contribution in [-0.2, 0) is 16.4 Å². The van der Waals surface area contributed by atoms with Gasteiger partial charge < -0.3 is 0 Å². The van der Waals surface area contributed by atoms with Gasteiger partial charge in [-0.15, -0.1) is 16.4 Å². The lowest BCUT2D eigenvalue weighted by Crippen LogP contribution is -2.11. The third-order valence-corrected chi connectivity index (χ3v) is 6.22. The molecule has 0 aliphatic carbocycles. The molecule has 0 aliphatic heterocycles. The molecule has 6 nitrogen and oxygen atoms in total. The first-order valence-electron chi connectivity index (χ1n) is 6.55. The predicted octanol–water partition coefficient (Wildman–Crippen LogP) is 2.93. The van der Waals surface area contributed by atoms with Gasteiger partial charge in [-0.3, -0.25) is 0 Å². The number of aromatic nitrogens is 4. The Balaban J connectivity index is 1.77. The predicted molar refractivity (Wildman–Crippen MR) is 85.0 cm³/mol. The average molecular weight is 388 g/mol. The van der Waals surface area contributed by atoms with Gasteiger partial charge in [0, 0.05) is 9.77 Å². The molecule has 0 fully saturated rings. The van der Waals surface area contributed by atoms with Crippen molar-refractivity contribution < 1.29 is 17.2 Å². The highest BCUT2D eigenvalue weighted by atomic mass is 32.2. The van der Waals surface area contributed by atoms with E-state index in [0.717, 1.165) is 17.0 Å². The second kappa shape index (κ2) is 6.95. The van der Waals surface area contributed by atoms with Gasteiger partial charge in [0.15, 0.2) is 0 Å². The number of benzene rings is 1. The maximum absolute atomic E-state index is 12.5. The topological polar surface area (TPSA) is 77.7 Å². The minimum atomic E-state index is -4.58. The Labute approximate surface area is 144 Å². The highest BCUT2D eigenvalue weighted by Gasteiger charge is 2.26. The van der Waals surface area contributed by atoms with E-state index in [0.29, 0.717) is 16.6 Å². The molecule has 1 aromatic carbocycles. The summed E-state index contributed by atoms with van der Waals surface area (Å²) in [4.78, 5) is 1.31. The van der Waals surface area contributed by atoms with Crippen LogP contribution in [0.1, 0.15) is 4.88 Å². The van der Waals surface area contributed by atoms with Crippen LogP contribution in [0.25, 0.3) is 0 Å². The molecule has 11 heteroatoms. The molecule has 3 aromatic rings. The zero-order chi connectivity index (χ0) is 17.2. The Morgan fingerprint density at radius 2 is 1.96 bits per heavy atom. The Morgan fingerprint density at radius 3 is 2.58 bits per heavy atom. The minimum Gasteiger partial charge on any atom is -0.218 e. The van der Waals surface area contributed by atoms with Crippen molar-refractivity contribution in [1.82, 2.24) is 20.2 Å². The molecule has 0 radical (unpaired) electrons. The molecule has 2 aromatic heterocycles. The van der Waals surface area contributed by atoms with Crippen LogP contribution in [0.5, 0.6) is 0 Å². The molecule has 126 valence electrons. The highest BCUT2D eigenvalue weighted by molar-refractivity contribution is 7.99. The second-order valence-corrected chi connectivity index (χ2v) is 8.57. The van der Waals surface area contributed by atoms with Gasteiger partial charge in [0.1, 0.15) is 0 Å². The molecule has 2 heterocycles. The number of alkyl halides is 2. The number of tetrazole rings is 1. The molecule has 0 saturated carbocycles. The first-order valence-corrected chi connectivity index (χ1v) is 9.79. The summed E-state index contributed by atoms with van der Waals surface area (Å²) in [7, 11) is -4.58. The fourth-order valence-corrected chi connectivity index (χ4v) is 4.00. The highest BCUT2D eigenvalue weighted by Crippen LogP contribution is 2.28. The largest absolute Gasteiger partial charge is 0.341 e. The normalized spacial score (nSPS) is 12.0. The number of halogens is 2. The molecule has 0 spiro atoms. The van der Waals surface area contributed by atoms with E-state index in [1.165, 1.54) is 23.9 Å². The Kier molecular flexibility index (Phi) is 4.92. The fraction of sp³-hybridized carbons (Fsp3) is 0.154. The van der Waals surface area contributed by atoms with Crippen molar-refractivity contribution in [2.45, 2.75) is 27.2 Å². The molecule has 0 atom stereocenters. The van der Waals surface area contributed by atoms with E-state index in [2.05, 4.69) is 15.5 Å². The number of sulfone groups is 1. The monoisotopic (exact) mass is 388 g/mol. The van der Waals surface area contributed by atoms with Crippen molar-refractivity contribution in [3.8, 4) is 0 Å². The van der Waals surface area contributed by atoms with Crippen LogP contribution in [0.15, 0.2) is 56.7 Å². The summed E-state index contributed by atoms with van der Waals surface area (Å²) in [6.07, 6.45) is 0. The first-order chi connectivity index (χ1) is 11.5. The van der Waals surface area contributed by atoms with Crippen molar-refractivity contribution in [3.05, 3.63) is 46.7 Å². The van der Waals surface area contributed by atoms with Crippen LogP contribution in [0.2, 0.25) is 0 Å². The van der Waals surface area contributed by atoms with E-state index in [9.17, 15) is 17.2 Å². The van der Waals surface area contributed by atoms with Gasteiger partial charge in [0.25, 0.3) is 0 Å². The van der Waals surface area contributed by atoms with Gasteiger partial charge in [-0.1, -0.05) is 6.07 Å².